The van der Waals surface area contributed by atoms with Crippen molar-refractivity contribution in [3.8, 4) is 5.75 Å². The molecular weight excluding hydrogens is 236 g/mol. The summed E-state index contributed by atoms with van der Waals surface area (Å²) in [6.07, 6.45) is 2.24. The summed E-state index contributed by atoms with van der Waals surface area (Å²) in [6, 6.07) is 4.54. The fourth-order valence-electron chi connectivity index (χ4n) is 2.30. The van der Waals surface area contributed by atoms with Crippen LogP contribution in [0.1, 0.15) is 36.5 Å². The normalized spacial score (nSPS) is 12.8. The van der Waals surface area contributed by atoms with Gasteiger partial charge in [0, 0.05) is 12.6 Å². The molecule has 0 aliphatic rings. The molecule has 1 aromatic rings. The zero-order valence-corrected chi connectivity index (χ0v) is 13.0. The molecule has 1 atom stereocenters. The summed E-state index contributed by atoms with van der Waals surface area (Å²) in [5.74, 6) is 0.973. The molecule has 2 N–H and O–H groups in total. The van der Waals surface area contributed by atoms with Crippen LogP contribution in [0.15, 0.2) is 12.1 Å². The van der Waals surface area contributed by atoms with E-state index in [2.05, 4.69) is 44.9 Å². The lowest BCUT2D eigenvalue weighted by Gasteiger charge is -2.20. The molecule has 0 radical (unpaired) electrons. The molecule has 0 heterocycles. The Morgan fingerprint density at radius 2 is 1.95 bits per heavy atom. The maximum Gasteiger partial charge on any atom is 0.122 e. The highest BCUT2D eigenvalue weighted by atomic mass is 16.5. The minimum Gasteiger partial charge on any atom is -0.496 e. The van der Waals surface area contributed by atoms with E-state index in [1.165, 1.54) is 16.7 Å². The van der Waals surface area contributed by atoms with Crippen molar-refractivity contribution in [1.29, 1.82) is 0 Å². The molecule has 108 valence electrons. The van der Waals surface area contributed by atoms with Crippen LogP contribution in [0.5, 0.6) is 5.75 Å². The highest BCUT2D eigenvalue weighted by molar-refractivity contribution is 5.43. The monoisotopic (exact) mass is 264 g/mol. The SMILES string of the molecule is COc1ccc(CN(C)CCCC(C)N)c(C)c1C. The van der Waals surface area contributed by atoms with Crippen LogP contribution >= 0.6 is 0 Å². The first kappa shape index (κ1) is 16.0. The van der Waals surface area contributed by atoms with Crippen molar-refractivity contribution in [1.82, 2.24) is 4.90 Å². The van der Waals surface area contributed by atoms with Crippen LogP contribution in [0.3, 0.4) is 0 Å². The van der Waals surface area contributed by atoms with Crippen molar-refractivity contribution in [3.63, 3.8) is 0 Å². The van der Waals surface area contributed by atoms with E-state index in [9.17, 15) is 0 Å². The summed E-state index contributed by atoms with van der Waals surface area (Å²) in [4.78, 5) is 2.36. The molecule has 0 aromatic heterocycles. The fraction of sp³-hybridized carbons (Fsp3) is 0.625. The lowest BCUT2D eigenvalue weighted by Crippen LogP contribution is -2.22. The zero-order valence-electron chi connectivity index (χ0n) is 13.0. The fourth-order valence-corrected chi connectivity index (χ4v) is 2.30. The van der Waals surface area contributed by atoms with Crippen LogP contribution in [-0.2, 0) is 6.54 Å². The van der Waals surface area contributed by atoms with Crippen LogP contribution in [0.25, 0.3) is 0 Å². The minimum absolute atomic E-state index is 0.304. The van der Waals surface area contributed by atoms with E-state index in [4.69, 9.17) is 10.5 Å². The largest absolute Gasteiger partial charge is 0.496 e. The summed E-state index contributed by atoms with van der Waals surface area (Å²) >= 11 is 0. The van der Waals surface area contributed by atoms with E-state index < -0.39 is 0 Å². The first-order valence-electron chi connectivity index (χ1n) is 7.03. The average Bonchev–Trinajstić information content (AvgIpc) is 2.35. The van der Waals surface area contributed by atoms with Crippen LogP contribution in [0.2, 0.25) is 0 Å². The Bertz CT molecular complexity index is 402. The number of hydrogen-bond acceptors (Lipinski definition) is 3. The Kier molecular flexibility index (Phi) is 6.32. The van der Waals surface area contributed by atoms with Gasteiger partial charge in [0.25, 0.3) is 0 Å². The summed E-state index contributed by atoms with van der Waals surface area (Å²) in [5.41, 5.74) is 9.72. The number of nitrogens with zero attached hydrogens (tertiary/aromatic N) is 1. The Balaban J connectivity index is 2.59. The lowest BCUT2D eigenvalue weighted by atomic mass is 10.0. The smallest absolute Gasteiger partial charge is 0.122 e. The molecule has 1 aromatic carbocycles. The summed E-state index contributed by atoms with van der Waals surface area (Å²) in [6.45, 7) is 8.43. The van der Waals surface area contributed by atoms with Gasteiger partial charge >= 0.3 is 0 Å². The van der Waals surface area contributed by atoms with Crippen LogP contribution in [0.4, 0.5) is 0 Å². The first-order chi connectivity index (χ1) is 8.95. The highest BCUT2D eigenvalue weighted by Crippen LogP contribution is 2.24. The Labute approximate surface area is 117 Å². The van der Waals surface area contributed by atoms with Gasteiger partial charge < -0.3 is 15.4 Å². The van der Waals surface area contributed by atoms with Crippen molar-refractivity contribution < 1.29 is 4.74 Å². The number of nitrogens with two attached hydrogens (primary N) is 1. The predicted molar refractivity (Wildman–Crippen MR) is 81.7 cm³/mol. The average molecular weight is 264 g/mol. The molecule has 3 heteroatoms. The lowest BCUT2D eigenvalue weighted by molar-refractivity contribution is 0.314. The van der Waals surface area contributed by atoms with Crippen molar-refractivity contribution >= 4 is 0 Å². The van der Waals surface area contributed by atoms with Gasteiger partial charge in [-0.25, -0.2) is 0 Å². The van der Waals surface area contributed by atoms with Crippen molar-refractivity contribution in [3.05, 3.63) is 28.8 Å². The molecule has 3 nitrogen and oxygen atoms in total. The first-order valence-corrected chi connectivity index (χ1v) is 7.03. The van der Waals surface area contributed by atoms with Crippen molar-refractivity contribution in [2.24, 2.45) is 5.73 Å². The third-order valence-electron chi connectivity index (χ3n) is 3.71. The standard InChI is InChI=1S/C16H28N2O/c1-12(17)7-6-10-18(4)11-15-8-9-16(19-5)14(3)13(15)2/h8-9,12H,6-7,10-11,17H2,1-5H3. The molecular formula is C16H28N2O. The van der Waals surface area contributed by atoms with Crippen molar-refractivity contribution in [2.45, 2.75) is 46.2 Å². The maximum atomic E-state index is 5.77. The molecule has 0 bridgehead atoms. The van der Waals surface area contributed by atoms with E-state index in [0.29, 0.717) is 6.04 Å². The number of hydrogen-bond donors (Lipinski definition) is 1. The number of rotatable bonds is 7. The van der Waals surface area contributed by atoms with Gasteiger partial charge in [-0.1, -0.05) is 6.07 Å². The summed E-state index contributed by atoms with van der Waals surface area (Å²) < 4.78 is 5.35. The molecule has 0 aliphatic heterocycles. The molecule has 0 fully saturated rings. The van der Waals surface area contributed by atoms with E-state index in [0.717, 1.165) is 31.7 Å². The molecule has 0 aliphatic carbocycles. The topological polar surface area (TPSA) is 38.5 Å². The molecule has 0 saturated heterocycles. The Morgan fingerprint density at radius 3 is 2.53 bits per heavy atom. The van der Waals surface area contributed by atoms with Gasteiger partial charge in [-0.3, -0.25) is 0 Å². The minimum atomic E-state index is 0.304. The van der Waals surface area contributed by atoms with Gasteiger partial charge in [0.05, 0.1) is 7.11 Å². The van der Waals surface area contributed by atoms with E-state index >= 15 is 0 Å². The number of ether oxygens (including phenoxy) is 1. The molecule has 0 amide bonds. The second-order valence-electron chi connectivity index (χ2n) is 5.53. The summed E-state index contributed by atoms with van der Waals surface area (Å²) in [5, 5.41) is 0. The second-order valence-corrected chi connectivity index (χ2v) is 5.53. The van der Waals surface area contributed by atoms with Crippen molar-refractivity contribution in [2.75, 3.05) is 20.7 Å². The van der Waals surface area contributed by atoms with E-state index in [-0.39, 0.29) is 0 Å². The van der Waals surface area contributed by atoms with Crippen LogP contribution in [-0.4, -0.2) is 31.6 Å². The van der Waals surface area contributed by atoms with E-state index in [1.54, 1.807) is 7.11 Å². The zero-order chi connectivity index (χ0) is 14.4. The van der Waals surface area contributed by atoms with Gasteiger partial charge in [-0.15, -0.1) is 0 Å². The molecule has 0 saturated carbocycles. The number of methoxy groups -OCH3 is 1. The third-order valence-corrected chi connectivity index (χ3v) is 3.71. The van der Waals surface area contributed by atoms with Gasteiger partial charge in [0.1, 0.15) is 5.75 Å². The van der Waals surface area contributed by atoms with Crippen LogP contribution < -0.4 is 10.5 Å². The molecule has 0 spiro atoms. The van der Waals surface area contributed by atoms with Crippen LogP contribution in [0, 0.1) is 13.8 Å². The van der Waals surface area contributed by atoms with Gasteiger partial charge in [0.2, 0.25) is 0 Å². The highest BCUT2D eigenvalue weighted by Gasteiger charge is 2.08. The van der Waals surface area contributed by atoms with Gasteiger partial charge in [0.15, 0.2) is 0 Å². The summed E-state index contributed by atoms with van der Waals surface area (Å²) in [7, 11) is 3.89. The maximum absolute atomic E-state index is 5.77. The van der Waals surface area contributed by atoms with E-state index in [1.807, 2.05) is 0 Å². The van der Waals surface area contributed by atoms with Gasteiger partial charge in [-0.2, -0.15) is 0 Å². The molecule has 19 heavy (non-hydrogen) atoms. The Hall–Kier alpha value is -1.06. The molecule has 1 rings (SSSR count). The predicted octanol–water partition coefficient (Wildman–Crippen LogP) is 2.87. The second kappa shape index (κ2) is 7.51. The number of benzene rings is 1. The third kappa shape index (κ3) is 4.84. The molecule has 1 unspecified atom stereocenters. The Morgan fingerprint density at radius 1 is 1.26 bits per heavy atom. The van der Waals surface area contributed by atoms with Gasteiger partial charge in [-0.05, 0) is 70.0 Å². The quantitative estimate of drug-likeness (QED) is 0.823.